The quantitative estimate of drug-likeness (QED) is 0.674. The van der Waals surface area contributed by atoms with Crippen LogP contribution < -0.4 is 0 Å². The number of aliphatic carboxylic acids is 1. The van der Waals surface area contributed by atoms with Crippen LogP contribution in [0.15, 0.2) is 0 Å². The second kappa shape index (κ2) is 5.91. The molecule has 4 saturated heterocycles. The van der Waals surface area contributed by atoms with Crippen molar-refractivity contribution in [2.75, 3.05) is 19.6 Å². The average Bonchev–Trinajstić information content (AvgIpc) is 3.32. The molecule has 0 radical (unpaired) electrons. The van der Waals surface area contributed by atoms with Gasteiger partial charge in [0.2, 0.25) is 17.7 Å². The molecule has 0 saturated carbocycles. The molecule has 0 aromatic heterocycles. The molecule has 0 spiro atoms. The molecule has 0 aliphatic carbocycles. The lowest BCUT2D eigenvalue weighted by atomic mass is 9.81. The third kappa shape index (κ3) is 2.70. The first-order valence-corrected chi connectivity index (χ1v) is 8.67. The number of carbonyl (C=O) groups is 4. The number of likely N-dealkylation sites (tertiary alicyclic amines) is 2. The summed E-state index contributed by atoms with van der Waals surface area (Å²) in [5, 5.41) is 9.02. The lowest BCUT2D eigenvalue weighted by Gasteiger charge is -2.22. The summed E-state index contributed by atoms with van der Waals surface area (Å²) in [4.78, 5) is 50.1. The Morgan fingerprint density at radius 2 is 1.63 bits per heavy atom. The summed E-state index contributed by atoms with van der Waals surface area (Å²) in [6.07, 6.45) is -4.15. The van der Waals surface area contributed by atoms with Gasteiger partial charge in [0.25, 0.3) is 0 Å². The van der Waals surface area contributed by atoms with Gasteiger partial charge in [-0.25, -0.2) is 0 Å². The van der Waals surface area contributed by atoms with Crippen molar-refractivity contribution in [2.45, 2.75) is 31.2 Å². The number of carbonyl (C=O) groups excluding carboxylic acids is 3. The zero-order valence-corrected chi connectivity index (χ0v) is 14.0. The van der Waals surface area contributed by atoms with Gasteiger partial charge in [-0.3, -0.25) is 24.1 Å². The lowest BCUT2D eigenvalue weighted by molar-refractivity contribution is -0.188. The molecule has 4 heterocycles. The number of hydrogen-bond acceptors (Lipinski definition) is 5. The molecule has 0 aromatic rings. The third-order valence-corrected chi connectivity index (χ3v) is 6.08. The van der Waals surface area contributed by atoms with E-state index in [1.165, 1.54) is 0 Å². The number of halogens is 3. The number of hydrogen-bond donors (Lipinski definition) is 1. The van der Waals surface area contributed by atoms with E-state index in [1.807, 2.05) is 0 Å². The van der Waals surface area contributed by atoms with E-state index in [-0.39, 0.29) is 12.2 Å². The van der Waals surface area contributed by atoms with Gasteiger partial charge in [0, 0.05) is 13.1 Å². The summed E-state index contributed by atoms with van der Waals surface area (Å²) in [6.45, 7) is -2.06. The monoisotopic (exact) mass is 390 g/mol. The van der Waals surface area contributed by atoms with E-state index >= 15 is 0 Å². The Labute approximate surface area is 151 Å². The van der Waals surface area contributed by atoms with Crippen molar-refractivity contribution in [3.05, 3.63) is 0 Å². The summed E-state index contributed by atoms with van der Waals surface area (Å²) in [6, 6.07) is 0. The fraction of sp³-hybridized carbons (Fsp3) is 0.750. The van der Waals surface area contributed by atoms with Gasteiger partial charge in [0.15, 0.2) is 0 Å². The first-order valence-electron chi connectivity index (χ1n) is 8.67. The van der Waals surface area contributed by atoms with Crippen LogP contribution in [0.4, 0.5) is 13.2 Å². The average molecular weight is 390 g/mol. The van der Waals surface area contributed by atoms with Crippen molar-refractivity contribution in [1.29, 1.82) is 0 Å². The van der Waals surface area contributed by atoms with Crippen molar-refractivity contribution in [1.82, 2.24) is 9.80 Å². The maximum absolute atomic E-state index is 13.1. The molecule has 4 fully saturated rings. The van der Waals surface area contributed by atoms with Gasteiger partial charge in [0.1, 0.15) is 6.54 Å². The number of alkyl halides is 3. The van der Waals surface area contributed by atoms with E-state index in [1.54, 1.807) is 0 Å². The Kier molecular flexibility index (Phi) is 3.99. The van der Waals surface area contributed by atoms with Crippen LogP contribution in [0, 0.1) is 23.7 Å². The van der Waals surface area contributed by atoms with Crippen LogP contribution in [-0.4, -0.2) is 76.6 Å². The molecule has 4 aliphatic rings. The first kappa shape index (κ1) is 18.2. The Morgan fingerprint density at radius 3 is 2.07 bits per heavy atom. The molecule has 6 atom stereocenters. The second-order valence-corrected chi connectivity index (χ2v) is 7.50. The van der Waals surface area contributed by atoms with Gasteiger partial charge in [0.05, 0.1) is 35.9 Å². The van der Waals surface area contributed by atoms with Gasteiger partial charge >= 0.3 is 12.1 Å². The number of nitrogens with zero attached hydrogens (tertiary/aromatic N) is 2. The number of ether oxygens (including phenoxy) is 1. The molecule has 8 nitrogen and oxygen atoms in total. The topological polar surface area (TPSA) is 104 Å². The number of fused-ring (bicyclic) bond motifs is 5. The minimum absolute atomic E-state index is 0.352. The zero-order valence-electron chi connectivity index (χ0n) is 14.0. The molecule has 0 aromatic carbocycles. The molecule has 4 aliphatic heterocycles. The van der Waals surface area contributed by atoms with Crippen LogP contribution in [0.5, 0.6) is 0 Å². The molecule has 148 valence electrons. The SMILES string of the molecule is O=C(O)[C@@H]1CN(C(=O)CN2C(=O)C3C4CCC(O4)C3C2=O)C[C@H]1C(F)(F)F. The normalized spacial score (nSPS) is 38.0. The Morgan fingerprint density at radius 1 is 1.07 bits per heavy atom. The molecule has 2 bridgehead atoms. The minimum Gasteiger partial charge on any atom is -0.481 e. The van der Waals surface area contributed by atoms with Crippen molar-refractivity contribution < 1.29 is 42.2 Å². The molecule has 3 amide bonds. The Bertz CT molecular complexity index is 697. The molecule has 11 heteroatoms. The third-order valence-electron chi connectivity index (χ3n) is 6.08. The van der Waals surface area contributed by atoms with E-state index < -0.39 is 73.2 Å². The maximum atomic E-state index is 13.1. The highest BCUT2D eigenvalue weighted by Gasteiger charge is 2.62. The molecule has 27 heavy (non-hydrogen) atoms. The molecule has 4 unspecified atom stereocenters. The lowest BCUT2D eigenvalue weighted by Crippen LogP contribution is -2.44. The van der Waals surface area contributed by atoms with E-state index in [4.69, 9.17) is 9.84 Å². The summed E-state index contributed by atoms with van der Waals surface area (Å²) in [7, 11) is 0. The van der Waals surface area contributed by atoms with Gasteiger partial charge < -0.3 is 14.7 Å². The largest absolute Gasteiger partial charge is 0.481 e. The fourth-order valence-electron chi connectivity index (χ4n) is 4.75. The van der Waals surface area contributed by atoms with E-state index in [2.05, 4.69) is 0 Å². The van der Waals surface area contributed by atoms with E-state index in [0.717, 1.165) is 9.80 Å². The number of amides is 3. The van der Waals surface area contributed by atoms with Crippen LogP contribution in [0.1, 0.15) is 12.8 Å². The Balaban J connectivity index is 1.46. The number of carboxylic acid groups (broad SMARTS) is 1. The predicted octanol–water partition coefficient (Wildman–Crippen LogP) is -0.130. The summed E-state index contributed by atoms with van der Waals surface area (Å²) in [5.74, 6) is -8.75. The Hall–Kier alpha value is -2.17. The van der Waals surface area contributed by atoms with Crippen molar-refractivity contribution in [2.24, 2.45) is 23.7 Å². The highest BCUT2D eigenvalue weighted by molar-refractivity contribution is 6.08. The molecule has 4 rings (SSSR count). The van der Waals surface area contributed by atoms with Gasteiger partial charge in [-0.2, -0.15) is 13.2 Å². The van der Waals surface area contributed by atoms with Crippen molar-refractivity contribution in [3.63, 3.8) is 0 Å². The summed E-state index contributed by atoms with van der Waals surface area (Å²) >= 11 is 0. The van der Waals surface area contributed by atoms with Gasteiger partial charge in [-0.05, 0) is 12.8 Å². The van der Waals surface area contributed by atoms with Crippen LogP contribution in [0.2, 0.25) is 0 Å². The van der Waals surface area contributed by atoms with Crippen molar-refractivity contribution >= 4 is 23.7 Å². The molecular formula is C16H17F3N2O6. The number of carboxylic acids is 1. The summed E-state index contributed by atoms with van der Waals surface area (Å²) in [5.41, 5.74) is 0. The van der Waals surface area contributed by atoms with Crippen molar-refractivity contribution in [3.8, 4) is 0 Å². The van der Waals surface area contributed by atoms with Crippen LogP contribution in [0.25, 0.3) is 0 Å². The van der Waals surface area contributed by atoms with Crippen LogP contribution in [-0.2, 0) is 23.9 Å². The predicted molar refractivity (Wildman–Crippen MR) is 78.8 cm³/mol. The fourth-order valence-corrected chi connectivity index (χ4v) is 4.75. The smallest absolute Gasteiger partial charge is 0.394 e. The van der Waals surface area contributed by atoms with Gasteiger partial charge in [-0.15, -0.1) is 0 Å². The standard InChI is InChI=1S/C16H17F3N2O6/c17-16(18,19)7-4-20(3-6(7)15(25)26)10(22)5-21-13(23)11-8-1-2-9(27-8)12(11)14(21)24/h6-9,11-12H,1-5H2,(H,25,26)/t6-,7-,8?,9?,11?,12?/m1/s1. The van der Waals surface area contributed by atoms with E-state index in [0.29, 0.717) is 12.8 Å². The highest BCUT2D eigenvalue weighted by Crippen LogP contribution is 2.48. The first-order chi connectivity index (χ1) is 12.6. The van der Waals surface area contributed by atoms with Crippen LogP contribution >= 0.6 is 0 Å². The van der Waals surface area contributed by atoms with Gasteiger partial charge in [-0.1, -0.05) is 0 Å². The zero-order chi connectivity index (χ0) is 19.7. The maximum Gasteiger partial charge on any atom is 0.394 e. The number of imide groups is 1. The molecule has 1 N–H and O–H groups in total. The van der Waals surface area contributed by atoms with Crippen LogP contribution in [0.3, 0.4) is 0 Å². The summed E-state index contributed by atoms with van der Waals surface area (Å²) < 4.78 is 44.7. The van der Waals surface area contributed by atoms with E-state index in [9.17, 15) is 32.3 Å². The highest BCUT2D eigenvalue weighted by atomic mass is 19.4. The molecular weight excluding hydrogens is 373 g/mol. The minimum atomic E-state index is -4.76. The second-order valence-electron chi connectivity index (χ2n) is 7.50. The number of rotatable bonds is 3.